The lowest BCUT2D eigenvalue weighted by molar-refractivity contribution is 0.485. The molecule has 19 heavy (non-hydrogen) atoms. The Labute approximate surface area is 118 Å². The highest BCUT2D eigenvalue weighted by atomic mass is 32.2. The maximum Gasteiger partial charge on any atom is 0.0945 e. The second kappa shape index (κ2) is 6.26. The van der Waals surface area contributed by atoms with Crippen LogP contribution in [0.2, 0.25) is 0 Å². The Kier molecular flexibility index (Phi) is 4.20. The number of imidazole rings is 1. The fourth-order valence-electron chi connectivity index (χ4n) is 2.51. The van der Waals surface area contributed by atoms with E-state index in [4.69, 9.17) is 0 Å². The van der Waals surface area contributed by atoms with Crippen LogP contribution in [0.4, 0.5) is 0 Å². The summed E-state index contributed by atoms with van der Waals surface area (Å²) in [7, 11) is 0. The van der Waals surface area contributed by atoms with Crippen molar-refractivity contribution < 1.29 is 0 Å². The molecule has 1 N–H and O–H groups in total. The molecular weight excluding hydrogens is 254 g/mol. The summed E-state index contributed by atoms with van der Waals surface area (Å²) in [4.78, 5) is 5.51. The van der Waals surface area contributed by atoms with Gasteiger partial charge in [0.05, 0.1) is 6.33 Å². The van der Waals surface area contributed by atoms with Crippen molar-refractivity contribution in [2.75, 3.05) is 12.3 Å². The van der Waals surface area contributed by atoms with Crippen LogP contribution in [-0.2, 0) is 6.54 Å². The highest BCUT2D eigenvalue weighted by Crippen LogP contribution is 2.35. The molecule has 1 aliphatic heterocycles. The number of aryl methyl sites for hydroxylation is 1. The highest BCUT2D eigenvalue weighted by Gasteiger charge is 2.19. The molecule has 0 saturated carbocycles. The second-order valence-electron chi connectivity index (χ2n) is 4.84. The Balaban J connectivity index is 1.51. The quantitative estimate of drug-likeness (QED) is 0.849. The molecular formula is C15H19N3S. The van der Waals surface area contributed by atoms with Crippen molar-refractivity contribution in [1.29, 1.82) is 0 Å². The van der Waals surface area contributed by atoms with Gasteiger partial charge in [-0.15, -0.1) is 11.8 Å². The smallest absolute Gasteiger partial charge is 0.0945 e. The minimum atomic E-state index is 0.528. The van der Waals surface area contributed by atoms with Crippen molar-refractivity contribution in [2.45, 2.75) is 30.3 Å². The van der Waals surface area contributed by atoms with Crippen LogP contribution in [-0.4, -0.2) is 21.8 Å². The zero-order valence-electron chi connectivity index (χ0n) is 11.0. The first-order chi connectivity index (χ1) is 9.43. The van der Waals surface area contributed by atoms with E-state index in [1.807, 2.05) is 30.5 Å². The SMILES string of the molecule is c1ccc2c(c1)SCCC2NCCCn1ccnc1. The summed E-state index contributed by atoms with van der Waals surface area (Å²) in [5, 5.41) is 3.69. The molecule has 0 fully saturated rings. The van der Waals surface area contributed by atoms with Crippen LogP contribution < -0.4 is 5.32 Å². The zero-order valence-corrected chi connectivity index (χ0v) is 11.8. The molecule has 1 unspecified atom stereocenters. The summed E-state index contributed by atoms with van der Waals surface area (Å²) in [5.41, 5.74) is 1.47. The van der Waals surface area contributed by atoms with E-state index in [1.54, 1.807) is 0 Å². The molecule has 3 rings (SSSR count). The number of nitrogens with one attached hydrogen (secondary N) is 1. The van der Waals surface area contributed by atoms with Gasteiger partial charge in [-0.25, -0.2) is 4.98 Å². The van der Waals surface area contributed by atoms with E-state index >= 15 is 0 Å². The Morgan fingerprint density at radius 3 is 3.21 bits per heavy atom. The van der Waals surface area contributed by atoms with Crippen LogP contribution in [0.1, 0.15) is 24.4 Å². The number of thioether (sulfide) groups is 1. The number of benzene rings is 1. The standard InChI is InChI=1S/C15H19N3S/c1-2-5-15-13(4-1)14(6-11-19-15)17-7-3-9-18-10-8-16-12-18/h1-2,4-5,8,10,12,14,17H,3,6-7,9,11H2. The molecule has 0 aliphatic carbocycles. The lowest BCUT2D eigenvalue weighted by Gasteiger charge is -2.26. The normalized spacial score (nSPS) is 18.2. The van der Waals surface area contributed by atoms with Gasteiger partial charge in [-0.3, -0.25) is 0 Å². The third-order valence-electron chi connectivity index (χ3n) is 3.50. The molecule has 3 nitrogen and oxygen atoms in total. The first-order valence-corrected chi connectivity index (χ1v) is 7.83. The van der Waals surface area contributed by atoms with Crippen LogP contribution in [0.25, 0.3) is 0 Å². The van der Waals surface area contributed by atoms with Gasteiger partial charge in [0.2, 0.25) is 0 Å². The molecule has 2 aromatic rings. The van der Waals surface area contributed by atoms with Crippen molar-refractivity contribution in [3.63, 3.8) is 0 Å². The molecule has 1 aromatic carbocycles. The number of hydrogen-bond donors (Lipinski definition) is 1. The minimum absolute atomic E-state index is 0.528. The van der Waals surface area contributed by atoms with Gasteiger partial charge in [-0.2, -0.15) is 0 Å². The largest absolute Gasteiger partial charge is 0.337 e. The highest BCUT2D eigenvalue weighted by molar-refractivity contribution is 7.99. The monoisotopic (exact) mass is 273 g/mol. The van der Waals surface area contributed by atoms with Crippen molar-refractivity contribution in [1.82, 2.24) is 14.9 Å². The van der Waals surface area contributed by atoms with Crippen LogP contribution in [0.15, 0.2) is 47.9 Å². The van der Waals surface area contributed by atoms with E-state index in [2.05, 4.69) is 39.1 Å². The van der Waals surface area contributed by atoms with Crippen LogP contribution >= 0.6 is 11.8 Å². The Hall–Kier alpha value is -1.26. The van der Waals surface area contributed by atoms with Gasteiger partial charge in [-0.1, -0.05) is 18.2 Å². The number of rotatable bonds is 5. The van der Waals surface area contributed by atoms with Gasteiger partial charge >= 0.3 is 0 Å². The first kappa shape index (κ1) is 12.8. The zero-order chi connectivity index (χ0) is 12.9. The van der Waals surface area contributed by atoms with Crippen LogP contribution in [0.3, 0.4) is 0 Å². The molecule has 1 aromatic heterocycles. The van der Waals surface area contributed by atoms with Gasteiger partial charge in [0.25, 0.3) is 0 Å². The van der Waals surface area contributed by atoms with Crippen LogP contribution in [0.5, 0.6) is 0 Å². The molecule has 0 spiro atoms. The third-order valence-corrected chi connectivity index (χ3v) is 4.62. The summed E-state index contributed by atoms with van der Waals surface area (Å²) in [6.45, 7) is 2.10. The molecule has 4 heteroatoms. The van der Waals surface area contributed by atoms with E-state index in [-0.39, 0.29) is 0 Å². The molecule has 0 saturated heterocycles. The number of fused-ring (bicyclic) bond motifs is 1. The summed E-state index contributed by atoms with van der Waals surface area (Å²) >= 11 is 1.98. The predicted molar refractivity (Wildman–Crippen MR) is 79.4 cm³/mol. The molecule has 0 radical (unpaired) electrons. The van der Waals surface area contributed by atoms with Gasteiger partial charge in [0.15, 0.2) is 0 Å². The van der Waals surface area contributed by atoms with Crippen molar-refractivity contribution in [3.05, 3.63) is 48.5 Å². The number of nitrogens with zero attached hydrogens (tertiary/aromatic N) is 2. The fourth-order valence-corrected chi connectivity index (χ4v) is 3.64. The third kappa shape index (κ3) is 3.19. The average molecular weight is 273 g/mol. The van der Waals surface area contributed by atoms with E-state index in [0.29, 0.717) is 6.04 Å². The van der Waals surface area contributed by atoms with E-state index in [0.717, 1.165) is 19.5 Å². The van der Waals surface area contributed by atoms with Crippen molar-refractivity contribution >= 4 is 11.8 Å². The Bertz CT molecular complexity index is 510. The summed E-state index contributed by atoms with van der Waals surface area (Å²) < 4.78 is 2.13. The second-order valence-corrected chi connectivity index (χ2v) is 5.97. The lowest BCUT2D eigenvalue weighted by atomic mass is 10.0. The molecule has 0 bridgehead atoms. The molecule has 2 heterocycles. The van der Waals surface area contributed by atoms with E-state index < -0.39 is 0 Å². The van der Waals surface area contributed by atoms with Crippen molar-refractivity contribution in [3.8, 4) is 0 Å². The van der Waals surface area contributed by atoms with Gasteiger partial charge in [0.1, 0.15) is 0 Å². The Morgan fingerprint density at radius 2 is 2.32 bits per heavy atom. The summed E-state index contributed by atoms with van der Waals surface area (Å²) in [5.74, 6) is 1.22. The topological polar surface area (TPSA) is 29.9 Å². The summed E-state index contributed by atoms with van der Waals surface area (Å²) in [6, 6.07) is 9.30. The van der Waals surface area contributed by atoms with Gasteiger partial charge in [-0.05, 0) is 36.8 Å². The lowest BCUT2D eigenvalue weighted by Crippen LogP contribution is -2.26. The first-order valence-electron chi connectivity index (χ1n) is 6.84. The summed E-state index contributed by atoms with van der Waals surface area (Å²) in [6.07, 6.45) is 8.11. The number of aromatic nitrogens is 2. The number of hydrogen-bond acceptors (Lipinski definition) is 3. The van der Waals surface area contributed by atoms with E-state index in [9.17, 15) is 0 Å². The maximum atomic E-state index is 4.06. The van der Waals surface area contributed by atoms with Gasteiger partial charge < -0.3 is 9.88 Å². The average Bonchev–Trinajstić information content (AvgIpc) is 2.97. The molecule has 100 valence electrons. The minimum Gasteiger partial charge on any atom is -0.337 e. The molecule has 1 atom stereocenters. The van der Waals surface area contributed by atoms with Gasteiger partial charge in [0, 0.05) is 29.9 Å². The molecule has 1 aliphatic rings. The molecule has 0 amide bonds. The Morgan fingerprint density at radius 1 is 1.37 bits per heavy atom. The van der Waals surface area contributed by atoms with Crippen LogP contribution in [0, 0.1) is 0 Å². The predicted octanol–water partition coefficient (Wildman–Crippen LogP) is 3.10. The fraction of sp³-hybridized carbons (Fsp3) is 0.400. The maximum absolute atomic E-state index is 4.06. The van der Waals surface area contributed by atoms with E-state index in [1.165, 1.54) is 22.6 Å². The van der Waals surface area contributed by atoms with Crippen molar-refractivity contribution in [2.24, 2.45) is 0 Å².